The molecule has 4 rings (SSSR count). The molecule has 0 fully saturated rings. The molecule has 0 saturated carbocycles. The lowest BCUT2D eigenvalue weighted by molar-refractivity contribution is -0.136. The molecule has 1 N–H and O–H groups in total. The quantitative estimate of drug-likeness (QED) is 0.485. The number of benzene rings is 2. The van der Waals surface area contributed by atoms with Gasteiger partial charge in [-0.05, 0) is 23.8 Å². The highest BCUT2D eigenvalue weighted by Gasteiger charge is 2.12. The molecule has 0 radical (unpaired) electrons. The van der Waals surface area contributed by atoms with Crippen molar-refractivity contribution < 1.29 is 23.4 Å². The summed E-state index contributed by atoms with van der Waals surface area (Å²) in [7, 11) is 0. The zero-order valence-corrected chi connectivity index (χ0v) is 15.7. The summed E-state index contributed by atoms with van der Waals surface area (Å²) >= 11 is 6.14. The molecule has 2 aromatic heterocycles. The molecule has 0 aliphatic rings. The second-order valence-electron chi connectivity index (χ2n) is 6.28. The summed E-state index contributed by atoms with van der Waals surface area (Å²) in [4.78, 5) is 19.2. The Morgan fingerprint density at radius 1 is 1.17 bits per heavy atom. The average Bonchev–Trinajstić information content (AvgIpc) is 3.20. The van der Waals surface area contributed by atoms with Crippen LogP contribution in [0.1, 0.15) is 11.1 Å². The molecule has 29 heavy (non-hydrogen) atoms. The highest BCUT2D eigenvalue weighted by Crippen LogP contribution is 2.28. The standard InChI is InChI=1S/C21H14ClFN2O4/c22-16-4-3-14(21-15(16)5-6-28-21)11-29-19-10-24-9-18(25-19)13-2-1-12(8-20(26)27)17(23)7-13/h1-7,9-10H,8,11H2,(H,26,27). The SMILES string of the molecule is O=C(O)Cc1ccc(-c2cncc(OCc3ccc(Cl)c4ccoc34)n2)cc1F. The normalized spacial score (nSPS) is 11.0. The minimum Gasteiger partial charge on any atom is -0.481 e. The summed E-state index contributed by atoms with van der Waals surface area (Å²) in [6.45, 7) is 0.186. The van der Waals surface area contributed by atoms with Crippen LogP contribution in [0.4, 0.5) is 4.39 Å². The first-order valence-electron chi connectivity index (χ1n) is 8.61. The number of hydrogen-bond donors (Lipinski definition) is 1. The van der Waals surface area contributed by atoms with Gasteiger partial charge in [0.1, 0.15) is 18.0 Å². The van der Waals surface area contributed by atoms with Crippen molar-refractivity contribution >= 4 is 28.5 Å². The number of halogens is 2. The smallest absolute Gasteiger partial charge is 0.307 e. The molecule has 0 unspecified atom stereocenters. The molecule has 8 heteroatoms. The van der Waals surface area contributed by atoms with Crippen molar-refractivity contribution in [3.05, 3.63) is 77.0 Å². The maximum atomic E-state index is 14.2. The number of carbonyl (C=O) groups is 1. The molecule has 0 saturated heterocycles. The second kappa shape index (κ2) is 7.89. The molecule has 0 amide bonds. The van der Waals surface area contributed by atoms with E-state index in [2.05, 4.69) is 9.97 Å². The van der Waals surface area contributed by atoms with Gasteiger partial charge in [0.05, 0.1) is 35.8 Å². The minimum absolute atomic E-state index is 0.104. The molecular weight excluding hydrogens is 399 g/mol. The van der Waals surface area contributed by atoms with Crippen LogP contribution in [0.15, 0.2) is 59.5 Å². The maximum Gasteiger partial charge on any atom is 0.307 e. The number of carboxylic acid groups (broad SMARTS) is 1. The largest absolute Gasteiger partial charge is 0.481 e. The van der Waals surface area contributed by atoms with Gasteiger partial charge in [-0.15, -0.1) is 0 Å². The van der Waals surface area contributed by atoms with Crippen LogP contribution in [0.3, 0.4) is 0 Å². The van der Waals surface area contributed by atoms with Crippen molar-refractivity contribution in [1.29, 1.82) is 0 Å². The molecule has 0 atom stereocenters. The van der Waals surface area contributed by atoms with Gasteiger partial charge in [-0.3, -0.25) is 9.78 Å². The highest BCUT2D eigenvalue weighted by atomic mass is 35.5. The summed E-state index contributed by atoms with van der Waals surface area (Å²) in [5, 5.41) is 10.2. The number of aromatic nitrogens is 2. The Balaban J connectivity index is 1.54. The first-order chi connectivity index (χ1) is 14.0. The number of nitrogens with zero attached hydrogens (tertiary/aromatic N) is 2. The predicted molar refractivity (Wildman–Crippen MR) is 104 cm³/mol. The minimum atomic E-state index is -1.10. The molecule has 0 aliphatic heterocycles. The summed E-state index contributed by atoms with van der Waals surface area (Å²) in [5.74, 6) is -1.45. The van der Waals surface area contributed by atoms with Gasteiger partial charge in [0.25, 0.3) is 0 Å². The van der Waals surface area contributed by atoms with Crippen LogP contribution in [0, 0.1) is 5.82 Å². The van der Waals surface area contributed by atoms with E-state index < -0.39 is 11.8 Å². The van der Waals surface area contributed by atoms with Crippen LogP contribution in [0.5, 0.6) is 5.88 Å². The van der Waals surface area contributed by atoms with Crippen molar-refractivity contribution in [2.75, 3.05) is 0 Å². The predicted octanol–water partition coefficient (Wildman–Crippen LogP) is 4.89. The van der Waals surface area contributed by atoms with Gasteiger partial charge in [-0.1, -0.05) is 29.8 Å². The molecule has 0 spiro atoms. The van der Waals surface area contributed by atoms with Crippen LogP contribution in [0.25, 0.3) is 22.2 Å². The Morgan fingerprint density at radius 2 is 2.00 bits per heavy atom. The van der Waals surface area contributed by atoms with E-state index in [1.807, 2.05) is 6.07 Å². The van der Waals surface area contributed by atoms with E-state index >= 15 is 0 Å². The van der Waals surface area contributed by atoms with Gasteiger partial charge in [-0.2, -0.15) is 0 Å². The number of furan rings is 1. The van der Waals surface area contributed by atoms with Gasteiger partial charge in [0, 0.05) is 16.5 Å². The third-order valence-corrected chi connectivity index (χ3v) is 4.65. The van der Waals surface area contributed by atoms with Gasteiger partial charge in [0.15, 0.2) is 0 Å². The molecule has 6 nitrogen and oxygen atoms in total. The van der Waals surface area contributed by atoms with Crippen LogP contribution < -0.4 is 4.74 Å². The third kappa shape index (κ3) is 4.05. The zero-order valence-electron chi connectivity index (χ0n) is 14.9. The fourth-order valence-corrected chi connectivity index (χ4v) is 3.13. The van der Waals surface area contributed by atoms with Crippen molar-refractivity contribution in [3.8, 4) is 17.1 Å². The Hall–Kier alpha value is -3.45. The lowest BCUT2D eigenvalue weighted by atomic mass is 10.1. The Kier molecular flexibility index (Phi) is 5.14. The summed E-state index contributed by atoms with van der Waals surface area (Å²) in [5.41, 5.74) is 2.41. The summed E-state index contributed by atoms with van der Waals surface area (Å²) in [6, 6.07) is 9.61. The topological polar surface area (TPSA) is 85.5 Å². The lowest BCUT2D eigenvalue weighted by Crippen LogP contribution is -2.03. The first kappa shape index (κ1) is 18.9. The summed E-state index contributed by atoms with van der Waals surface area (Å²) in [6.07, 6.45) is 4.10. The van der Waals surface area contributed by atoms with E-state index in [0.717, 1.165) is 10.9 Å². The van der Waals surface area contributed by atoms with Gasteiger partial charge in [0.2, 0.25) is 5.88 Å². The van der Waals surface area contributed by atoms with Gasteiger partial charge < -0.3 is 14.3 Å². The van der Waals surface area contributed by atoms with E-state index in [9.17, 15) is 9.18 Å². The maximum absolute atomic E-state index is 14.2. The van der Waals surface area contributed by atoms with Gasteiger partial charge in [-0.25, -0.2) is 9.37 Å². The highest BCUT2D eigenvalue weighted by molar-refractivity contribution is 6.35. The fraction of sp³-hybridized carbons (Fsp3) is 0.0952. The average molecular weight is 413 g/mol. The molecule has 0 bridgehead atoms. The van der Waals surface area contributed by atoms with E-state index in [-0.39, 0.29) is 24.5 Å². The molecular formula is C21H14ClFN2O4. The van der Waals surface area contributed by atoms with E-state index in [0.29, 0.717) is 21.9 Å². The Bertz CT molecular complexity index is 1210. The van der Waals surface area contributed by atoms with Gasteiger partial charge >= 0.3 is 5.97 Å². The molecule has 2 aromatic carbocycles. The monoisotopic (exact) mass is 412 g/mol. The van der Waals surface area contributed by atoms with Crippen molar-refractivity contribution in [1.82, 2.24) is 9.97 Å². The lowest BCUT2D eigenvalue weighted by Gasteiger charge is -2.08. The molecule has 146 valence electrons. The molecule has 0 aliphatic carbocycles. The molecule has 4 aromatic rings. The second-order valence-corrected chi connectivity index (χ2v) is 6.69. The van der Waals surface area contributed by atoms with Crippen molar-refractivity contribution in [2.24, 2.45) is 0 Å². The summed E-state index contributed by atoms with van der Waals surface area (Å²) < 4.78 is 25.4. The number of ether oxygens (including phenoxy) is 1. The molecule has 2 heterocycles. The fourth-order valence-electron chi connectivity index (χ4n) is 2.92. The number of fused-ring (bicyclic) bond motifs is 1. The first-order valence-corrected chi connectivity index (χ1v) is 8.99. The van der Waals surface area contributed by atoms with Crippen LogP contribution >= 0.6 is 11.6 Å². The Labute approximate surface area is 169 Å². The third-order valence-electron chi connectivity index (χ3n) is 4.32. The van der Waals surface area contributed by atoms with Crippen LogP contribution in [-0.4, -0.2) is 21.0 Å². The number of aliphatic carboxylic acids is 1. The number of rotatable bonds is 6. The van der Waals surface area contributed by atoms with E-state index in [1.54, 1.807) is 24.5 Å². The van der Waals surface area contributed by atoms with Crippen LogP contribution in [0.2, 0.25) is 5.02 Å². The Morgan fingerprint density at radius 3 is 2.79 bits per heavy atom. The zero-order chi connectivity index (χ0) is 20.4. The van der Waals surface area contributed by atoms with Crippen molar-refractivity contribution in [3.63, 3.8) is 0 Å². The van der Waals surface area contributed by atoms with E-state index in [4.69, 9.17) is 25.9 Å². The number of hydrogen-bond acceptors (Lipinski definition) is 5. The van der Waals surface area contributed by atoms with Crippen molar-refractivity contribution in [2.45, 2.75) is 13.0 Å². The van der Waals surface area contributed by atoms with E-state index in [1.165, 1.54) is 24.5 Å². The number of carboxylic acids is 1. The van der Waals surface area contributed by atoms with Crippen LogP contribution in [-0.2, 0) is 17.8 Å².